The minimum atomic E-state index is -0.427. The average Bonchev–Trinajstić information content (AvgIpc) is 3.59. The van der Waals surface area contributed by atoms with Gasteiger partial charge in [-0.05, 0) is 61.0 Å². The number of aromatic nitrogens is 3. The van der Waals surface area contributed by atoms with E-state index in [0.717, 1.165) is 11.4 Å². The molecule has 7 nitrogen and oxygen atoms in total. The van der Waals surface area contributed by atoms with Crippen molar-refractivity contribution in [1.29, 1.82) is 0 Å². The van der Waals surface area contributed by atoms with Crippen LogP contribution in [0.3, 0.4) is 0 Å². The van der Waals surface area contributed by atoms with Gasteiger partial charge in [0.2, 0.25) is 5.78 Å². The van der Waals surface area contributed by atoms with Crippen LogP contribution in [0.2, 0.25) is 0 Å². The average molecular weight is 497 g/mol. The third-order valence-corrected chi connectivity index (χ3v) is 6.35. The van der Waals surface area contributed by atoms with Crippen molar-refractivity contribution in [2.24, 2.45) is 0 Å². The molecule has 0 amide bonds. The Bertz CT molecular complexity index is 1610. The van der Waals surface area contributed by atoms with Crippen molar-refractivity contribution < 1.29 is 13.6 Å². The number of ketones is 1. The number of benzene rings is 3. The first kappa shape index (κ1) is 22.5. The maximum Gasteiger partial charge on any atom is 0.214 e. The number of hydrogen-bond acceptors (Lipinski definition) is 5. The molecule has 0 radical (unpaired) electrons. The quantitative estimate of drug-likeness (QED) is 0.230. The molecule has 184 valence electrons. The van der Waals surface area contributed by atoms with Crippen LogP contribution in [0.4, 0.5) is 26.0 Å². The zero-order valence-electron chi connectivity index (χ0n) is 19.7. The van der Waals surface area contributed by atoms with E-state index in [1.165, 1.54) is 35.1 Å². The number of carbonyl (C=O) groups is 1. The molecule has 1 aliphatic heterocycles. The molecule has 6 rings (SSSR count). The molecule has 0 fully saturated rings. The van der Waals surface area contributed by atoms with E-state index >= 15 is 0 Å². The lowest BCUT2D eigenvalue weighted by Crippen LogP contribution is -2.16. The van der Waals surface area contributed by atoms with Gasteiger partial charge in [-0.1, -0.05) is 24.3 Å². The van der Waals surface area contributed by atoms with Crippen LogP contribution in [0.25, 0.3) is 28.1 Å². The minimum Gasteiger partial charge on any atom is -0.383 e. The van der Waals surface area contributed by atoms with E-state index in [-0.39, 0.29) is 23.2 Å². The fraction of sp³-hybridized carbons (Fsp3) is 0.0714. The van der Waals surface area contributed by atoms with Crippen LogP contribution in [0, 0.1) is 11.6 Å². The molecule has 3 heterocycles. The van der Waals surface area contributed by atoms with E-state index in [0.29, 0.717) is 28.1 Å². The monoisotopic (exact) mass is 496 g/mol. The summed E-state index contributed by atoms with van der Waals surface area (Å²) < 4.78 is 29.6. The number of anilines is 3. The van der Waals surface area contributed by atoms with Crippen molar-refractivity contribution in [2.75, 3.05) is 16.4 Å². The van der Waals surface area contributed by atoms with Crippen molar-refractivity contribution in [3.05, 3.63) is 102 Å². The number of nitrogens with two attached hydrogens (primary N) is 1. The summed E-state index contributed by atoms with van der Waals surface area (Å²) in [7, 11) is 0. The largest absolute Gasteiger partial charge is 0.383 e. The molecule has 0 aliphatic carbocycles. The van der Waals surface area contributed by atoms with Crippen molar-refractivity contribution in [2.45, 2.75) is 13.1 Å². The number of nitrogens with zero attached hydrogens (tertiary/aromatic N) is 2. The molecule has 5 aromatic rings. The second-order valence-corrected chi connectivity index (χ2v) is 8.92. The molecule has 3 aromatic carbocycles. The number of fused-ring (bicyclic) bond motifs is 1. The summed E-state index contributed by atoms with van der Waals surface area (Å²) in [6.07, 6.45) is 1.52. The zero-order chi connectivity index (χ0) is 25.7. The second kappa shape index (κ2) is 8.63. The summed E-state index contributed by atoms with van der Waals surface area (Å²) in [5, 5.41) is 11.0. The van der Waals surface area contributed by atoms with E-state index in [1.54, 1.807) is 30.3 Å². The summed E-state index contributed by atoms with van der Waals surface area (Å²) >= 11 is 0. The predicted molar refractivity (Wildman–Crippen MR) is 140 cm³/mol. The summed E-state index contributed by atoms with van der Waals surface area (Å²) in [5.41, 5.74) is 11.5. The van der Waals surface area contributed by atoms with Crippen LogP contribution >= 0.6 is 0 Å². The van der Waals surface area contributed by atoms with Crippen LogP contribution in [0.15, 0.2) is 79.0 Å². The Morgan fingerprint density at radius 2 is 1.62 bits per heavy atom. The van der Waals surface area contributed by atoms with Crippen molar-refractivity contribution in [3.8, 4) is 28.1 Å². The van der Waals surface area contributed by atoms with Gasteiger partial charge in [0.15, 0.2) is 0 Å². The number of carbonyl (C=O) groups excluding carboxylic acids is 1. The van der Waals surface area contributed by atoms with Crippen molar-refractivity contribution in [3.63, 3.8) is 0 Å². The van der Waals surface area contributed by atoms with Crippen LogP contribution in [-0.2, 0) is 0 Å². The maximum atomic E-state index is 14.0. The van der Waals surface area contributed by atoms with Crippen molar-refractivity contribution in [1.82, 2.24) is 14.8 Å². The highest BCUT2D eigenvalue weighted by Crippen LogP contribution is 2.35. The van der Waals surface area contributed by atoms with Gasteiger partial charge in [-0.3, -0.25) is 4.79 Å². The Kier molecular flexibility index (Phi) is 5.26. The summed E-state index contributed by atoms with van der Waals surface area (Å²) in [5.74, 6) is -1.06. The highest BCUT2D eigenvalue weighted by Gasteiger charge is 2.23. The van der Waals surface area contributed by atoms with E-state index < -0.39 is 17.4 Å². The van der Waals surface area contributed by atoms with Crippen LogP contribution < -0.4 is 16.4 Å². The van der Waals surface area contributed by atoms with Gasteiger partial charge in [-0.2, -0.15) is 5.10 Å². The second-order valence-electron chi connectivity index (χ2n) is 8.92. The first-order chi connectivity index (χ1) is 17.9. The lowest BCUT2D eigenvalue weighted by Gasteiger charge is -2.07. The fourth-order valence-corrected chi connectivity index (χ4v) is 4.63. The smallest absolute Gasteiger partial charge is 0.214 e. The fourth-order valence-electron chi connectivity index (χ4n) is 4.63. The third-order valence-electron chi connectivity index (χ3n) is 6.35. The Morgan fingerprint density at radius 3 is 2.38 bits per heavy atom. The molecule has 0 saturated heterocycles. The molecule has 1 aliphatic rings. The highest BCUT2D eigenvalue weighted by molar-refractivity contribution is 6.12. The Morgan fingerprint density at radius 1 is 0.919 bits per heavy atom. The lowest BCUT2D eigenvalue weighted by atomic mass is 10.0. The number of nitrogens with one attached hydrogen (secondary N) is 3. The number of aromatic amines is 1. The molecule has 5 N–H and O–H groups in total. The SMILES string of the molecule is CC1Nc2ccc(-n3ncc(C(=O)c4cc(-c5cccc(F)c5)c(-c5cccc(F)c5)[nH]4)c3N)cc2N1. The third kappa shape index (κ3) is 4.00. The number of H-pyrrole nitrogens is 1. The van der Waals surface area contributed by atoms with Crippen molar-refractivity contribution >= 4 is 23.0 Å². The zero-order valence-corrected chi connectivity index (χ0v) is 19.7. The normalized spacial score (nSPS) is 14.2. The predicted octanol–water partition coefficient (Wildman–Crippen LogP) is 5.81. The van der Waals surface area contributed by atoms with Gasteiger partial charge in [0.1, 0.15) is 17.5 Å². The lowest BCUT2D eigenvalue weighted by molar-refractivity contribution is 0.103. The molecule has 37 heavy (non-hydrogen) atoms. The minimum absolute atomic E-state index is 0.102. The van der Waals surface area contributed by atoms with Crippen LogP contribution in [0.5, 0.6) is 0 Å². The van der Waals surface area contributed by atoms with Gasteiger partial charge in [0.05, 0.1) is 46.4 Å². The number of hydrogen-bond donors (Lipinski definition) is 4. The number of halogens is 2. The van der Waals surface area contributed by atoms with E-state index in [1.807, 2.05) is 25.1 Å². The molecule has 1 unspecified atom stereocenters. The standard InChI is InChI=1S/C28H22F2N6O/c1-15-33-23-9-8-20(12-24(23)34-15)36-28(31)22(14-32-36)27(37)25-13-21(16-4-2-6-18(29)10-16)26(35-25)17-5-3-7-19(30)11-17/h2-15,33-35H,31H2,1H3. The molecule has 1 atom stereocenters. The highest BCUT2D eigenvalue weighted by atomic mass is 19.1. The molecule has 2 aromatic heterocycles. The van der Waals surface area contributed by atoms with Crippen LogP contribution in [0.1, 0.15) is 23.0 Å². The van der Waals surface area contributed by atoms with Crippen LogP contribution in [-0.4, -0.2) is 26.7 Å². The van der Waals surface area contributed by atoms with E-state index in [2.05, 4.69) is 20.7 Å². The molecule has 0 saturated carbocycles. The molecule has 9 heteroatoms. The number of rotatable bonds is 5. The molecular formula is C28H22F2N6O. The Hall–Kier alpha value is -4.92. The first-order valence-electron chi connectivity index (χ1n) is 11.7. The first-order valence-corrected chi connectivity index (χ1v) is 11.7. The molecule has 0 bridgehead atoms. The Balaban J connectivity index is 1.41. The topological polar surface area (TPSA) is 101 Å². The van der Waals surface area contributed by atoms with Gasteiger partial charge < -0.3 is 21.4 Å². The summed E-state index contributed by atoms with van der Waals surface area (Å²) in [4.78, 5) is 16.7. The van der Waals surface area contributed by atoms with Gasteiger partial charge in [0, 0.05) is 11.1 Å². The number of nitrogen functional groups attached to an aromatic ring is 1. The van der Waals surface area contributed by atoms with Gasteiger partial charge >= 0.3 is 0 Å². The van der Waals surface area contributed by atoms with Gasteiger partial charge in [-0.25, -0.2) is 13.5 Å². The maximum absolute atomic E-state index is 14.0. The molecular weight excluding hydrogens is 474 g/mol. The summed E-state index contributed by atoms with van der Waals surface area (Å²) in [6.45, 7) is 2.01. The van der Waals surface area contributed by atoms with Gasteiger partial charge in [-0.15, -0.1) is 0 Å². The summed E-state index contributed by atoms with van der Waals surface area (Å²) in [6, 6.07) is 19.3. The van der Waals surface area contributed by atoms with E-state index in [9.17, 15) is 13.6 Å². The van der Waals surface area contributed by atoms with E-state index in [4.69, 9.17) is 5.73 Å². The van der Waals surface area contributed by atoms with Gasteiger partial charge in [0.25, 0.3) is 0 Å². The molecule has 0 spiro atoms. The Labute approximate surface area is 210 Å².